The highest BCUT2D eigenvalue weighted by Gasteiger charge is 2.27. The minimum absolute atomic E-state index is 0.00792. The van der Waals surface area contributed by atoms with Gasteiger partial charge in [-0.25, -0.2) is 4.79 Å². The van der Waals surface area contributed by atoms with Crippen molar-refractivity contribution in [3.8, 4) is 17.4 Å². The minimum atomic E-state index is -0.672. The fraction of sp³-hybridized carbons (Fsp3) is 0.389. The second-order valence-electron chi connectivity index (χ2n) is 6.34. The van der Waals surface area contributed by atoms with Crippen molar-refractivity contribution in [2.75, 3.05) is 7.11 Å². The Morgan fingerprint density at radius 1 is 1.33 bits per heavy atom. The van der Waals surface area contributed by atoms with Gasteiger partial charge in [0.25, 0.3) is 5.56 Å². The van der Waals surface area contributed by atoms with Crippen molar-refractivity contribution in [1.82, 2.24) is 15.0 Å². The van der Waals surface area contributed by atoms with Crippen LogP contribution in [0.2, 0.25) is 0 Å². The summed E-state index contributed by atoms with van der Waals surface area (Å²) in [6, 6.07) is 4.66. The number of aromatic nitrogens is 2. The highest BCUT2D eigenvalue weighted by molar-refractivity contribution is 6.03. The average Bonchev–Trinajstić information content (AvgIpc) is 3.11. The standard InChI is InChI=1S/C18H22N4O5/c1-3-4-7-22-17(25)15(16(24)19-18(22)26)12-9-11(20-21-12)10-5-6-13(23)14(8-10)27-2/h5-6,8,11,20,23,25H,3-4,7,9H2,1-2H3,(H,19,24,26)/t11-/m1/s1. The Kier molecular flexibility index (Phi) is 5.20. The van der Waals surface area contributed by atoms with Gasteiger partial charge in [-0.3, -0.25) is 14.3 Å². The molecular weight excluding hydrogens is 352 g/mol. The number of nitrogens with zero attached hydrogens (tertiary/aromatic N) is 2. The number of hydrazone groups is 1. The molecule has 3 rings (SSSR count). The summed E-state index contributed by atoms with van der Waals surface area (Å²) in [6.45, 7) is 2.28. The van der Waals surface area contributed by atoms with E-state index >= 15 is 0 Å². The Morgan fingerprint density at radius 3 is 2.81 bits per heavy atom. The quantitative estimate of drug-likeness (QED) is 0.601. The SMILES string of the molecule is CCCCn1c(O)c(C2=NN[C@@H](c3ccc(O)c(OC)c3)C2)c(=O)[nH]c1=O. The maximum Gasteiger partial charge on any atom is 0.331 e. The monoisotopic (exact) mass is 374 g/mol. The van der Waals surface area contributed by atoms with E-state index < -0.39 is 11.2 Å². The van der Waals surface area contributed by atoms with Crippen LogP contribution in [-0.4, -0.2) is 32.6 Å². The molecule has 9 nitrogen and oxygen atoms in total. The number of ether oxygens (including phenoxy) is 1. The number of phenols is 1. The molecule has 0 saturated heterocycles. The van der Waals surface area contributed by atoms with Crippen LogP contribution in [0.3, 0.4) is 0 Å². The van der Waals surface area contributed by atoms with E-state index in [1.165, 1.54) is 13.2 Å². The van der Waals surface area contributed by atoms with E-state index in [1.807, 2.05) is 6.92 Å². The molecular formula is C18H22N4O5. The number of methoxy groups -OCH3 is 1. The molecule has 0 saturated carbocycles. The zero-order valence-corrected chi connectivity index (χ0v) is 15.2. The molecule has 0 radical (unpaired) electrons. The van der Waals surface area contributed by atoms with Crippen LogP contribution in [0.15, 0.2) is 32.9 Å². The van der Waals surface area contributed by atoms with Crippen molar-refractivity contribution in [2.45, 2.75) is 38.8 Å². The van der Waals surface area contributed by atoms with Crippen molar-refractivity contribution in [3.63, 3.8) is 0 Å². The predicted octanol–water partition coefficient (Wildman–Crippen LogP) is 1.20. The third kappa shape index (κ3) is 3.53. The van der Waals surface area contributed by atoms with Gasteiger partial charge in [0, 0.05) is 13.0 Å². The summed E-state index contributed by atoms with van der Waals surface area (Å²) in [5.74, 6) is -0.0178. The van der Waals surface area contributed by atoms with Gasteiger partial charge in [-0.1, -0.05) is 19.4 Å². The van der Waals surface area contributed by atoms with Gasteiger partial charge >= 0.3 is 5.69 Å². The lowest BCUT2D eigenvalue weighted by Gasteiger charge is -2.13. The van der Waals surface area contributed by atoms with Crippen molar-refractivity contribution in [1.29, 1.82) is 0 Å². The molecule has 1 aliphatic rings. The fourth-order valence-electron chi connectivity index (χ4n) is 3.05. The number of benzene rings is 1. The Morgan fingerprint density at radius 2 is 2.11 bits per heavy atom. The first-order chi connectivity index (χ1) is 13.0. The highest BCUT2D eigenvalue weighted by Crippen LogP contribution is 2.32. The molecule has 0 aliphatic carbocycles. The fourth-order valence-corrected chi connectivity index (χ4v) is 3.05. The number of aromatic hydroxyl groups is 2. The van der Waals surface area contributed by atoms with Crippen molar-refractivity contribution in [2.24, 2.45) is 5.10 Å². The van der Waals surface area contributed by atoms with Crippen LogP contribution in [0.25, 0.3) is 0 Å². The van der Waals surface area contributed by atoms with Crippen LogP contribution >= 0.6 is 0 Å². The summed E-state index contributed by atoms with van der Waals surface area (Å²) < 4.78 is 6.27. The van der Waals surface area contributed by atoms with Crippen LogP contribution in [-0.2, 0) is 6.54 Å². The van der Waals surface area contributed by atoms with E-state index in [-0.39, 0.29) is 23.2 Å². The summed E-state index contributed by atoms with van der Waals surface area (Å²) in [6.07, 6.45) is 1.86. The number of phenolic OH excluding ortho intramolecular Hbond substituents is 1. The normalized spacial score (nSPS) is 16.1. The lowest BCUT2D eigenvalue weighted by atomic mass is 9.99. The summed E-state index contributed by atoms with van der Waals surface area (Å²) in [4.78, 5) is 26.5. The molecule has 0 spiro atoms. The Hall–Kier alpha value is -3.23. The highest BCUT2D eigenvalue weighted by atomic mass is 16.5. The molecule has 9 heteroatoms. The number of H-pyrrole nitrogens is 1. The molecule has 1 aromatic heterocycles. The molecule has 4 N–H and O–H groups in total. The molecule has 144 valence electrons. The lowest BCUT2D eigenvalue weighted by Crippen LogP contribution is -2.33. The number of unbranched alkanes of at least 4 members (excludes halogenated alkanes) is 1. The topological polar surface area (TPSA) is 129 Å². The van der Waals surface area contributed by atoms with Crippen LogP contribution in [0.4, 0.5) is 0 Å². The van der Waals surface area contributed by atoms with Gasteiger partial charge in [0.05, 0.1) is 18.9 Å². The average molecular weight is 374 g/mol. The van der Waals surface area contributed by atoms with E-state index in [9.17, 15) is 19.8 Å². The number of hydrogen-bond acceptors (Lipinski definition) is 7. The maximum atomic E-state index is 12.3. The Labute approximate surface area is 154 Å². The van der Waals surface area contributed by atoms with Crippen LogP contribution in [0.1, 0.15) is 43.4 Å². The Balaban J connectivity index is 1.91. The number of aromatic amines is 1. The second kappa shape index (κ2) is 7.56. The first-order valence-electron chi connectivity index (χ1n) is 8.71. The molecule has 27 heavy (non-hydrogen) atoms. The van der Waals surface area contributed by atoms with E-state index in [1.54, 1.807) is 12.1 Å². The number of rotatable bonds is 6. The summed E-state index contributed by atoms with van der Waals surface area (Å²) in [7, 11) is 1.46. The molecule has 0 amide bonds. The van der Waals surface area contributed by atoms with Gasteiger partial charge in [-0.2, -0.15) is 5.10 Å². The largest absolute Gasteiger partial charge is 0.504 e. The smallest absolute Gasteiger partial charge is 0.331 e. The zero-order chi connectivity index (χ0) is 19.6. The summed E-state index contributed by atoms with van der Waals surface area (Å²) in [5.41, 5.74) is 2.77. The molecule has 2 aromatic rings. The molecule has 0 fully saturated rings. The van der Waals surface area contributed by atoms with E-state index in [4.69, 9.17) is 4.74 Å². The van der Waals surface area contributed by atoms with Gasteiger partial charge in [-0.05, 0) is 24.1 Å². The van der Waals surface area contributed by atoms with Gasteiger partial charge in [0.15, 0.2) is 11.5 Å². The third-order valence-electron chi connectivity index (χ3n) is 4.55. The van der Waals surface area contributed by atoms with Crippen molar-refractivity contribution >= 4 is 5.71 Å². The molecule has 1 atom stereocenters. The number of hydrogen-bond donors (Lipinski definition) is 4. The lowest BCUT2D eigenvalue weighted by molar-refractivity contribution is 0.372. The molecule has 1 aliphatic heterocycles. The predicted molar refractivity (Wildman–Crippen MR) is 99.6 cm³/mol. The van der Waals surface area contributed by atoms with Gasteiger partial charge in [-0.15, -0.1) is 0 Å². The van der Waals surface area contributed by atoms with Crippen LogP contribution in [0, 0.1) is 0 Å². The van der Waals surface area contributed by atoms with E-state index in [2.05, 4.69) is 15.5 Å². The molecule has 0 unspecified atom stereocenters. The van der Waals surface area contributed by atoms with Crippen molar-refractivity contribution < 1.29 is 14.9 Å². The zero-order valence-electron chi connectivity index (χ0n) is 15.2. The molecule has 2 heterocycles. The van der Waals surface area contributed by atoms with Gasteiger partial charge < -0.3 is 20.4 Å². The van der Waals surface area contributed by atoms with Crippen LogP contribution < -0.4 is 21.4 Å². The van der Waals surface area contributed by atoms with Crippen LogP contribution in [0.5, 0.6) is 17.4 Å². The molecule has 1 aromatic carbocycles. The minimum Gasteiger partial charge on any atom is -0.504 e. The molecule has 0 bridgehead atoms. The first kappa shape index (κ1) is 18.6. The van der Waals surface area contributed by atoms with Crippen molar-refractivity contribution in [3.05, 3.63) is 50.2 Å². The third-order valence-corrected chi connectivity index (χ3v) is 4.55. The van der Waals surface area contributed by atoms with Gasteiger partial charge in [0.2, 0.25) is 5.88 Å². The summed E-state index contributed by atoms with van der Waals surface area (Å²) in [5, 5.41) is 24.4. The number of nitrogens with one attached hydrogen (secondary N) is 2. The van der Waals surface area contributed by atoms with E-state index in [0.717, 1.165) is 16.6 Å². The first-order valence-corrected chi connectivity index (χ1v) is 8.71. The van der Waals surface area contributed by atoms with Gasteiger partial charge in [0.1, 0.15) is 5.56 Å². The maximum absolute atomic E-state index is 12.3. The Bertz CT molecular complexity index is 992. The second-order valence-corrected chi connectivity index (χ2v) is 6.34. The van der Waals surface area contributed by atoms with E-state index in [0.29, 0.717) is 30.8 Å². The summed E-state index contributed by atoms with van der Waals surface area (Å²) >= 11 is 0.